The molecule has 7 aliphatic rings. The van der Waals surface area contributed by atoms with Crippen LogP contribution in [0.15, 0.2) is 0 Å². The van der Waals surface area contributed by atoms with Crippen LogP contribution in [-0.4, -0.2) is 462 Å². The van der Waals surface area contributed by atoms with E-state index >= 15 is 0 Å². The topological polar surface area (TPSA) is 777 Å². The lowest BCUT2D eigenvalue weighted by atomic mass is 9.88. The first-order valence-corrected chi connectivity index (χ1v) is 34.6. The highest BCUT2D eigenvalue weighted by Crippen LogP contribution is 2.40. The minimum Gasteiger partial charge on any atom is -0.477 e. The molecule has 0 bridgehead atoms. The van der Waals surface area contributed by atoms with Gasteiger partial charge >= 0.3 is 5.97 Å². The molecule has 636 valence electrons. The Kier molecular flexibility index (Phi) is 34.3. The Bertz CT molecular complexity index is 2950. The molecular formula is C61H103N5O44. The van der Waals surface area contributed by atoms with Crippen LogP contribution in [0.25, 0.3) is 0 Å². The highest BCUT2D eigenvalue weighted by molar-refractivity contribution is 5.77. The van der Waals surface area contributed by atoms with Crippen molar-refractivity contribution in [3.05, 3.63) is 0 Å². The van der Waals surface area contributed by atoms with Crippen molar-refractivity contribution in [1.29, 1.82) is 0 Å². The van der Waals surface area contributed by atoms with Gasteiger partial charge in [-0.25, -0.2) is 4.79 Å². The quantitative estimate of drug-likeness (QED) is 0.0284. The fraction of sp³-hybridized carbons (Fsp3) is 0.902. The van der Waals surface area contributed by atoms with E-state index in [2.05, 4.69) is 26.6 Å². The average Bonchev–Trinajstić information content (AvgIpc) is 0.768. The van der Waals surface area contributed by atoms with Crippen molar-refractivity contribution >= 4 is 35.5 Å². The summed E-state index contributed by atoms with van der Waals surface area (Å²) in [7, 11) is 0. The van der Waals surface area contributed by atoms with Crippen LogP contribution in [-0.2, 0) is 95.1 Å². The van der Waals surface area contributed by atoms with Gasteiger partial charge in [0.25, 0.3) is 5.79 Å². The third kappa shape index (κ3) is 21.5. The number of rotatable bonds is 34. The highest BCUT2D eigenvalue weighted by Gasteiger charge is 2.61. The molecule has 7 aliphatic heterocycles. The van der Waals surface area contributed by atoms with Crippen molar-refractivity contribution in [3.63, 3.8) is 0 Å². The monoisotopic (exact) mass is 1610 g/mol. The number of hydrogen-bond donors (Lipinski definition) is 29. The second-order valence-corrected chi connectivity index (χ2v) is 27.3. The standard InChI is InChI=1S/C61H103N5O44/c1-16(74)62-21(7-67)35(82)48(24(81)9-69)105-55-33(65-19(4)77)43(90)50(28(13-73)101-55)107-58-47(94)52(40(87)29(104-58)14-97-57-46(93)44(91)37(84)25(10-70)99-57)108-59-53(45(92)38(85)26(11-71)100-59)109-56-34(66-20(5)78)42(89)49(27(12-72)102-56)106-54-32(64-18(3)76)41(88)39(86)30(103-54)15-98-61(60(95)96)6-22(79)31(63-17(2)75)51(110-61)36(83)23(80)8-68/h21-59,67-73,79-94H,6-15H2,1-5H3,(H,62,74)(H,63,75)(H,64,76)(H,65,77)(H,66,78)(H,95,96)/t21-,22-,23+,24+,25+,26+,27+,28+,29+,30+,31+,32+,33+,34+,35+,36+,37+,38+,39-,40+,41+,42+,43+,44-,45-,46-,47-,48+,49+,50+,51+,52-,53-,54-,55-,56-,57-,58-,59+,61+/m0/s1. The number of aliphatic hydroxyl groups is 23. The van der Waals surface area contributed by atoms with Crippen LogP contribution in [0.4, 0.5) is 0 Å². The Hall–Kier alpha value is -4.66. The lowest BCUT2D eigenvalue weighted by molar-refractivity contribution is -0.396. The summed E-state index contributed by atoms with van der Waals surface area (Å²) in [5.41, 5.74) is 0. The van der Waals surface area contributed by atoms with Crippen molar-refractivity contribution in [2.24, 2.45) is 0 Å². The molecule has 7 heterocycles. The number of amides is 5. The summed E-state index contributed by atoms with van der Waals surface area (Å²) < 4.78 is 82.6. The lowest BCUT2D eigenvalue weighted by Gasteiger charge is -2.51. The van der Waals surface area contributed by atoms with E-state index in [0.29, 0.717) is 0 Å². The third-order valence-electron chi connectivity index (χ3n) is 19.3. The van der Waals surface area contributed by atoms with Gasteiger partial charge in [0.2, 0.25) is 29.5 Å². The Balaban J connectivity index is 1.20. The van der Waals surface area contributed by atoms with E-state index in [1.54, 1.807) is 0 Å². The maximum absolute atomic E-state index is 13.1. The lowest BCUT2D eigenvalue weighted by Crippen LogP contribution is -2.71. The zero-order valence-electron chi connectivity index (χ0n) is 59.5. The minimum absolute atomic E-state index is 0.797. The summed E-state index contributed by atoms with van der Waals surface area (Å²) in [5, 5.41) is 276. The molecule has 49 nitrogen and oxygen atoms in total. The fourth-order valence-electron chi connectivity index (χ4n) is 13.6. The second kappa shape index (κ2) is 40.8. The molecule has 40 atom stereocenters. The maximum Gasteiger partial charge on any atom is 0.364 e. The van der Waals surface area contributed by atoms with Crippen LogP contribution in [0, 0.1) is 0 Å². The molecule has 7 saturated heterocycles. The number of carboxylic acids is 1. The smallest absolute Gasteiger partial charge is 0.364 e. The predicted octanol–water partition coefficient (Wildman–Crippen LogP) is -18.9. The van der Waals surface area contributed by atoms with Gasteiger partial charge in [-0.15, -0.1) is 0 Å². The first-order chi connectivity index (χ1) is 51.8. The molecule has 0 saturated carbocycles. The molecule has 0 aromatic rings. The molecule has 0 spiro atoms. The first-order valence-electron chi connectivity index (χ1n) is 34.6. The molecule has 29 N–H and O–H groups in total. The van der Waals surface area contributed by atoms with E-state index < -0.39 is 346 Å². The molecule has 49 heteroatoms. The Morgan fingerprint density at radius 3 is 1.34 bits per heavy atom. The molecular weight excluding hydrogens is 1510 g/mol. The molecule has 0 aromatic carbocycles. The van der Waals surface area contributed by atoms with Crippen LogP contribution in [0.1, 0.15) is 41.0 Å². The number of hydrogen-bond acceptors (Lipinski definition) is 43. The summed E-state index contributed by atoms with van der Waals surface area (Å²) in [6.07, 6.45) is -74.2. The van der Waals surface area contributed by atoms with Gasteiger partial charge in [-0.3, -0.25) is 24.0 Å². The molecule has 0 radical (unpaired) electrons. The number of aliphatic hydroxyl groups excluding tert-OH is 23. The van der Waals surface area contributed by atoms with Crippen LogP contribution < -0.4 is 26.6 Å². The molecule has 0 aromatic heterocycles. The van der Waals surface area contributed by atoms with E-state index in [0.717, 1.165) is 34.6 Å². The first kappa shape index (κ1) is 92.5. The zero-order valence-corrected chi connectivity index (χ0v) is 59.5. The van der Waals surface area contributed by atoms with Crippen molar-refractivity contribution in [3.8, 4) is 0 Å². The van der Waals surface area contributed by atoms with E-state index in [-0.39, 0.29) is 0 Å². The van der Waals surface area contributed by atoms with Crippen molar-refractivity contribution in [1.82, 2.24) is 26.6 Å². The summed E-state index contributed by atoms with van der Waals surface area (Å²) in [6.45, 7) is -5.47. The van der Waals surface area contributed by atoms with Gasteiger partial charge in [-0.1, -0.05) is 0 Å². The van der Waals surface area contributed by atoms with Crippen molar-refractivity contribution in [2.45, 2.75) is 286 Å². The van der Waals surface area contributed by atoms with Crippen LogP contribution in [0.5, 0.6) is 0 Å². The summed E-state index contributed by atoms with van der Waals surface area (Å²) in [6, 6.07) is -9.19. The molecule has 0 unspecified atom stereocenters. The van der Waals surface area contributed by atoms with Gasteiger partial charge in [0.05, 0.1) is 77.6 Å². The number of ether oxygens (including phenoxy) is 14. The predicted molar refractivity (Wildman–Crippen MR) is 342 cm³/mol. The summed E-state index contributed by atoms with van der Waals surface area (Å²) in [4.78, 5) is 75.8. The Labute approximate surface area is 623 Å². The Morgan fingerprint density at radius 1 is 0.409 bits per heavy atom. The van der Waals surface area contributed by atoms with E-state index in [1.165, 1.54) is 0 Å². The normalized spacial score (nSPS) is 42.8. The van der Waals surface area contributed by atoms with Gasteiger partial charge in [0.1, 0.15) is 183 Å². The number of carbonyl (C=O) groups excluding carboxylic acids is 5. The molecule has 7 rings (SSSR count). The van der Waals surface area contributed by atoms with Gasteiger partial charge in [-0.2, -0.15) is 0 Å². The zero-order chi connectivity index (χ0) is 82.0. The maximum atomic E-state index is 13.1. The number of nitrogens with one attached hydrogen (secondary N) is 5. The Morgan fingerprint density at radius 2 is 0.836 bits per heavy atom. The number of carbonyl (C=O) groups is 6. The van der Waals surface area contributed by atoms with Gasteiger partial charge in [-0.05, 0) is 0 Å². The van der Waals surface area contributed by atoms with Crippen LogP contribution in [0.3, 0.4) is 0 Å². The molecule has 110 heavy (non-hydrogen) atoms. The molecule has 5 amide bonds. The fourth-order valence-corrected chi connectivity index (χ4v) is 13.6. The molecule has 7 fully saturated rings. The van der Waals surface area contributed by atoms with E-state index in [9.17, 15) is 151 Å². The van der Waals surface area contributed by atoms with Crippen LogP contribution in [0.2, 0.25) is 0 Å². The van der Waals surface area contributed by atoms with Gasteiger partial charge in [0, 0.05) is 41.0 Å². The van der Waals surface area contributed by atoms with Crippen molar-refractivity contribution < 1.29 is 218 Å². The number of aliphatic carboxylic acids is 1. The van der Waals surface area contributed by atoms with Crippen LogP contribution >= 0.6 is 0 Å². The number of carboxylic acid groups (broad SMARTS) is 1. The summed E-state index contributed by atoms with van der Waals surface area (Å²) in [5.74, 6) is -9.66. The third-order valence-corrected chi connectivity index (χ3v) is 19.3. The summed E-state index contributed by atoms with van der Waals surface area (Å²) >= 11 is 0. The largest absolute Gasteiger partial charge is 0.477 e. The van der Waals surface area contributed by atoms with E-state index in [4.69, 9.17) is 66.3 Å². The van der Waals surface area contributed by atoms with Gasteiger partial charge in [0.15, 0.2) is 37.7 Å². The second-order valence-electron chi connectivity index (χ2n) is 27.3. The SMILES string of the molecule is CC(=O)N[C@H]1[C@H](O[C@@H]([C@H](O)[C@H](CO)NC(C)=O)[C@H](O)CO)O[C@H](CO)[C@@H](O[C@@H]2O[C@H](CO[C@H]3O[C@H](CO)[C@@H](O)[C@H](O)[C@@H]3O)[C@@H](O)[C@H](O[C@H]3O[C@H](CO)[C@@H](O)[C@H](O)[C@@H]3O[C@@H]3O[C@H](CO)[C@@H](O[C@@H]4O[C@H](CO[C@]5(C(=O)O)C[C@H](O)[C@@H](NC(C)=O)[C@H]([C@H](O)[C@H](O)CO)O5)[C@H](O)[C@H](O)[C@H]4NC(C)=O)[C@H](O)[C@H]3NC(C)=O)[C@@H]2O)[C@@H]1O. The van der Waals surface area contributed by atoms with E-state index in [1.807, 2.05) is 0 Å². The highest BCUT2D eigenvalue weighted by atomic mass is 16.8. The minimum atomic E-state index is -3.08. The van der Waals surface area contributed by atoms with Gasteiger partial charge < -0.3 is 215 Å². The van der Waals surface area contributed by atoms with Crippen molar-refractivity contribution in [2.75, 3.05) is 59.5 Å². The molecule has 0 aliphatic carbocycles. The average molecular weight is 1610 g/mol.